The van der Waals surface area contributed by atoms with E-state index in [1.807, 2.05) is 0 Å². The van der Waals surface area contributed by atoms with Crippen LogP contribution in [0.3, 0.4) is 0 Å². The summed E-state index contributed by atoms with van der Waals surface area (Å²) in [4.78, 5) is 0. The van der Waals surface area contributed by atoms with Crippen molar-refractivity contribution in [1.29, 1.82) is 4.61 Å². The molecule has 0 fully saturated rings. The van der Waals surface area contributed by atoms with Crippen molar-refractivity contribution in [2.45, 2.75) is 0 Å². The first-order valence-electron chi connectivity index (χ1n) is 0.816. The average molecular weight is 81.1 g/mol. The van der Waals surface area contributed by atoms with E-state index in [0.29, 0.717) is 0 Å². The lowest BCUT2D eigenvalue weighted by Gasteiger charge is -1.54. The lowest BCUT2D eigenvalue weighted by Crippen LogP contribution is -1.22. The zero-order valence-corrected chi connectivity index (χ0v) is 3.17. The molecule has 0 radical (unpaired) electrons. The molecule has 1 atom stereocenters. The van der Waals surface area contributed by atoms with E-state index in [9.17, 15) is 3.89 Å². The van der Waals surface area contributed by atoms with E-state index in [-0.39, 0.29) is 0 Å². The van der Waals surface area contributed by atoms with Crippen molar-refractivity contribution < 1.29 is 3.89 Å². The number of halogens is 1. The summed E-state index contributed by atoms with van der Waals surface area (Å²) in [7, 11) is -2.12. The van der Waals surface area contributed by atoms with Crippen LogP contribution in [-0.4, -0.2) is 6.26 Å². The topological polar surface area (TPSA) is 23.8 Å². The molecular weight excluding hydrogens is 77.1 g/mol. The zero-order chi connectivity index (χ0) is 3.58. The smallest absolute Gasteiger partial charge is 0.0683 e. The second kappa shape index (κ2) is 1.32. The Morgan fingerprint density at radius 3 is 2.00 bits per heavy atom. The van der Waals surface area contributed by atoms with Crippen LogP contribution in [0.5, 0.6) is 0 Å². The van der Waals surface area contributed by atoms with Gasteiger partial charge in [0.05, 0.1) is 10.9 Å². The molecule has 0 saturated heterocycles. The maximum Gasteiger partial charge on any atom is 0.0683 e. The van der Waals surface area contributed by atoms with Crippen molar-refractivity contribution in [3.05, 3.63) is 0 Å². The van der Waals surface area contributed by atoms with E-state index in [2.05, 4.69) is 0 Å². The molecule has 26 valence electrons. The molecule has 0 aliphatic heterocycles. The van der Waals surface area contributed by atoms with Gasteiger partial charge in [-0.2, -0.15) is 3.89 Å². The van der Waals surface area contributed by atoms with Gasteiger partial charge in [0, 0.05) is 6.26 Å². The summed E-state index contributed by atoms with van der Waals surface area (Å²) in [5.74, 6) is 0. The van der Waals surface area contributed by atoms with E-state index >= 15 is 0 Å². The van der Waals surface area contributed by atoms with Crippen molar-refractivity contribution in [3.8, 4) is 0 Å². The van der Waals surface area contributed by atoms with E-state index in [1.54, 1.807) is 0 Å². The van der Waals surface area contributed by atoms with E-state index in [0.717, 1.165) is 6.26 Å². The summed E-state index contributed by atoms with van der Waals surface area (Å²) in [6.07, 6.45) is 1.12. The van der Waals surface area contributed by atoms with Crippen LogP contribution in [0.15, 0.2) is 0 Å². The van der Waals surface area contributed by atoms with Gasteiger partial charge in [0.25, 0.3) is 0 Å². The zero-order valence-electron chi connectivity index (χ0n) is 2.27. The van der Waals surface area contributed by atoms with Gasteiger partial charge in [-0.3, -0.25) is 0 Å². The standard InChI is InChI=1S/CH4FNS/c1-4(2)3/h4H,1H3. The third-order valence-electron chi connectivity index (χ3n) is 0. The van der Waals surface area contributed by atoms with Crippen LogP contribution < -0.4 is 0 Å². The van der Waals surface area contributed by atoms with Gasteiger partial charge < -0.3 is 0 Å². The SMILES string of the molecule is C[SH](#N)F. The highest BCUT2D eigenvalue weighted by Gasteiger charge is 1.52. The first-order valence-corrected chi connectivity index (χ1v) is 2.45. The lowest BCUT2D eigenvalue weighted by molar-refractivity contribution is 0.933. The molecule has 0 aliphatic rings. The largest absolute Gasteiger partial charge is 0.202 e. The van der Waals surface area contributed by atoms with Crippen LogP contribution in [0.2, 0.25) is 0 Å². The minimum atomic E-state index is -2.12. The third kappa shape index (κ3) is 19500. The molecular formula is CH4FNS. The Hall–Kier alpha value is -0.0100. The molecule has 3 heteroatoms. The number of nitrogens with zero attached hydrogens (tertiary/aromatic N) is 1. The second-order valence-corrected chi connectivity index (χ2v) is 1.33. The Labute approximate surface area is 26.7 Å². The predicted octanol–water partition coefficient (Wildman–Crippen LogP) is 0.981. The molecule has 0 bridgehead atoms. The summed E-state index contributed by atoms with van der Waals surface area (Å²) in [6, 6.07) is 0. The number of rotatable bonds is 0. The molecule has 0 aromatic heterocycles. The number of thiol groups is 1. The molecule has 0 amide bonds. The van der Waals surface area contributed by atoms with Crippen LogP contribution in [0, 0.1) is 4.61 Å². The van der Waals surface area contributed by atoms with Gasteiger partial charge in [-0.1, -0.05) is 0 Å². The molecule has 0 N–H and O–H groups in total. The highest BCUT2D eigenvalue weighted by atomic mass is 32.2. The molecule has 1 nitrogen and oxygen atoms in total. The van der Waals surface area contributed by atoms with Crippen LogP contribution >= 0.6 is 10.9 Å². The summed E-state index contributed by atoms with van der Waals surface area (Å²) in [5, 5.41) is 0. The first-order chi connectivity index (χ1) is 1.73. The number of hydrogen-bond acceptors (Lipinski definition) is 1. The Morgan fingerprint density at radius 2 is 2.00 bits per heavy atom. The summed E-state index contributed by atoms with van der Waals surface area (Å²) in [5.41, 5.74) is 0. The molecule has 0 aromatic carbocycles. The van der Waals surface area contributed by atoms with Crippen molar-refractivity contribution >= 4 is 10.9 Å². The predicted molar refractivity (Wildman–Crippen MR) is 17.7 cm³/mol. The summed E-state index contributed by atoms with van der Waals surface area (Å²) >= 11 is 0. The van der Waals surface area contributed by atoms with Gasteiger partial charge in [-0.05, 0) is 0 Å². The van der Waals surface area contributed by atoms with Crippen LogP contribution in [-0.2, 0) is 0 Å². The van der Waals surface area contributed by atoms with Gasteiger partial charge in [0.2, 0.25) is 0 Å². The van der Waals surface area contributed by atoms with Crippen molar-refractivity contribution in [2.75, 3.05) is 6.26 Å². The molecule has 1 unspecified atom stereocenters. The van der Waals surface area contributed by atoms with Crippen molar-refractivity contribution in [1.82, 2.24) is 0 Å². The Bertz CT molecular complexity index is 54.2. The third-order valence-corrected chi connectivity index (χ3v) is 0. The summed E-state index contributed by atoms with van der Waals surface area (Å²) < 4.78 is 18.1. The molecule has 0 saturated carbocycles. The van der Waals surface area contributed by atoms with E-state index in [4.69, 9.17) is 4.61 Å². The Kier molecular flexibility index (Phi) is 1.32. The monoisotopic (exact) mass is 81.0 g/mol. The van der Waals surface area contributed by atoms with E-state index in [1.165, 1.54) is 0 Å². The molecule has 0 aromatic rings. The van der Waals surface area contributed by atoms with Crippen molar-refractivity contribution in [3.63, 3.8) is 0 Å². The fourth-order valence-corrected chi connectivity index (χ4v) is 0. The molecule has 4 heavy (non-hydrogen) atoms. The van der Waals surface area contributed by atoms with Crippen LogP contribution in [0.1, 0.15) is 0 Å². The molecule has 0 spiro atoms. The van der Waals surface area contributed by atoms with Crippen molar-refractivity contribution in [2.24, 2.45) is 0 Å². The van der Waals surface area contributed by atoms with E-state index < -0.39 is 10.9 Å². The molecule has 0 rings (SSSR count). The van der Waals surface area contributed by atoms with Crippen LogP contribution in [0.4, 0.5) is 3.89 Å². The lowest BCUT2D eigenvalue weighted by atomic mass is 12.0. The highest BCUT2D eigenvalue weighted by molar-refractivity contribution is 7.98. The fraction of sp³-hybridized carbons (Fsp3) is 1.00. The van der Waals surface area contributed by atoms with Gasteiger partial charge in [0.1, 0.15) is 0 Å². The van der Waals surface area contributed by atoms with Gasteiger partial charge in [-0.15, -0.1) is 0 Å². The Morgan fingerprint density at radius 1 is 2.00 bits per heavy atom. The maximum absolute atomic E-state index is 10.6. The first kappa shape index (κ1) is 3.99. The van der Waals surface area contributed by atoms with Crippen LogP contribution in [0.25, 0.3) is 0 Å². The normalized spacial score (nSPS) is 15.2. The average Bonchev–Trinajstić information content (AvgIpc) is 0.811. The Balaban J connectivity index is 3.02. The fourth-order valence-electron chi connectivity index (χ4n) is 0. The highest BCUT2D eigenvalue weighted by Crippen LogP contribution is 1.94. The quantitative estimate of drug-likeness (QED) is 0.432. The summed E-state index contributed by atoms with van der Waals surface area (Å²) in [6.45, 7) is 0. The van der Waals surface area contributed by atoms with Gasteiger partial charge in [-0.25, -0.2) is 4.61 Å². The van der Waals surface area contributed by atoms with Gasteiger partial charge in [0.15, 0.2) is 0 Å². The maximum atomic E-state index is 10.6. The van der Waals surface area contributed by atoms with Gasteiger partial charge >= 0.3 is 0 Å². The minimum Gasteiger partial charge on any atom is -0.202 e. The number of hydrogen-bond donors (Lipinski definition) is 1. The minimum absolute atomic E-state index is 1.12. The molecule has 0 heterocycles. The molecule has 0 aliphatic carbocycles. The second-order valence-electron chi connectivity index (χ2n) is 0.445.